The molecule has 0 aliphatic heterocycles. The Morgan fingerprint density at radius 3 is 0.895 bits per heavy atom. The van der Waals surface area contributed by atoms with Gasteiger partial charge >= 0.3 is 11.9 Å². The highest BCUT2D eigenvalue weighted by molar-refractivity contribution is 5.94. The van der Waals surface area contributed by atoms with Crippen LogP contribution in [-0.2, 0) is 14.3 Å². The van der Waals surface area contributed by atoms with Crippen molar-refractivity contribution in [3.8, 4) is 0 Å². The molecule has 0 fully saturated rings. The molecule has 0 heterocycles. The van der Waals surface area contributed by atoms with Crippen molar-refractivity contribution in [1.29, 1.82) is 0 Å². The Morgan fingerprint density at radius 1 is 0.404 bits per heavy atom. The highest BCUT2D eigenvalue weighted by atomic mass is 16.6. The van der Waals surface area contributed by atoms with Crippen molar-refractivity contribution in [1.82, 2.24) is 0 Å². The third-order valence-electron chi connectivity index (χ3n) is 11.8. The first kappa shape index (κ1) is 55.5. The number of aliphatic hydroxyl groups excluding tert-OH is 2. The summed E-state index contributed by atoms with van der Waals surface area (Å²) in [5.41, 5.74) is -4.63. The van der Waals surface area contributed by atoms with Crippen LogP contribution in [0, 0.1) is 0 Å². The lowest BCUT2D eigenvalue weighted by molar-refractivity contribution is -0.199. The zero-order valence-electron chi connectivity index (χ0n) is 37.9. The number of carbonyl (C=O) groups is 2. The van der Waals surface area contributed by atoms with Crippen LogP contribution >= 0.6 is 0 Å². The summed E-state index contributed by atoms with van der Waals surface area (Å²) in [7, 11) is 0. The molecule has 4 atom stereocenters. The zero-order chi connectivity index (χ0) is 42.3. The first-order chi connectivity index (χ1) is 27.6. The van der Waals surface area contributed by atoms with Gasteiger partial charge in [0, 0.05) is 0 Å². The molecule has 0 amide bonds. The monoisotopic (exact) mass is 807 g/mol. The quantitative estimate of drug-likeness (QED) is 0.0209. The summed E-state index contributed by atoms with van der Waals surface area (Å²) >= 11 is 0. The molecule has 4 N–H and O–H groups in total. The summed E-state index contributed by atoms with van der Waals surface area (Å²) in [6, 6.07) is 0. The van der Waals surface area contributed by atoms with Gasteiger partial charge in [0.25, 0.3) is 0 Å². The molecule has 336 valence electrons. The number of carbonyl (C=O) groups excluding carboxylic acids is 2. The van der Waals surface area contributed by atoms with Crippen LogP contribution in [0.15, 0.2) is 24.3 Å². The Kier molecular flexibility index (Phi) is 37.6. The largest absolute Gasteiger partial charge is 0.389 e. The standard InChI is InChI=1S/C50H94O7/c1-5-9-13-17-19-21-23-25-27-29-31-33-35-39-43-49(55,45(51)41-37-15-11-7-3)47(53)57-48(54)50(56,46(52)42-38-16-12-8-4)44-40-36-34-32-30-28-26-24-22-20-18-14-10-6-2/h15-16,37-38,45-46,51-52,55-56H,5-14,17-36,39-44H2,1-4H3/b37-15+,38-16+. The number of aliphatic hydroxyl groups is 4. The van der Waals surface area contributed by atoms with E-state index < -0.39 is 35.3 Å². The summed E-state index contributed by atoms with van der Waals surface area (Å²) in [6.07, 6.45) is 40.3. The maximum atomic E-state index is 13.7. The molecular weight excluding hydrogens is 713 g/mol. The van der Waals surface area contributed by atoms with Crippen LogP contribution in [0.2, 0.25) is 0 Å². The van der Waals surface area contributed by atoms with E-state index in [-0.39, 0.29) is 25.7 Å². The molecule has 0 saturated carbocycles. The molecule has 57 heavy (non-hydrogen) atoms. The Morgan fingerprint density at radius 2 is 0.649 bits per heavy atom. The van der Waals surface area contributed by atoms with Crippen molar-refractivity contribution < 1.29 is 34.8 Å². The summed E-state index contributed by atoms with van der Waals surface area (Å²) < 4.78 is 5.27. The van der Waals surface area contributed by atoms with Gasteiger partial charge in [-0.15, -0.1) is 0 Å². The van der Waals surface area contributed by atoms with Crippen LogP contribution in [0.25, 0.3) is 0 Å². The molecule has 0 radical (unpaired) electrons. The van der Waals surface area contributed by atoms with Crippen LogP contribution in [0.4, 0.5) is 0 Å². The van der Waals surface area contributed by atoms with E-state index in [0.717, 1.165) is 77.0 Å². The third-order valence-corrected chi connectivity index (χ3v) is 11.8. The maximum absolute atomic E-state index is 13.7. The number of unbranched alkanes of at least 4 members (excludes halogenated alkanes) is 28. The molecule has 0 aromatic heterocycles. The normalized spacial score (nSPS) is 15.2. The summed E-state index contributed by atoms with van der Waals surface area (Å²) in [6.45, 7) is 8.59. The predicted octanol–water partition coefficient (Wildman–Crippen LogP) is 13.5. The number of allylic oxidation sites excluding steroid dienone is 2. The molecule has 7 heteroatoms. The van der Waals surface area contributed by atoms with Crippen LogP contribution in [-0.4, -0.2) is 55.8 Å². The number of ether oxygens (including phenoxy) is 1. The lowest BCUT2D eigenvalue weighted by atomic mass is 9.86. The minimum atomic E-state index is -2.31. The summed E-state index contributed by atoms with van der Waals surface area (Å²) in [5, 5.41) is 45.7. The Bertz CT molecular complexity index is 904. The number of hydrogen-bond donors (Lipinski definition) is 4. The van der Waals surface area contributed by atoms with E-state index in [0.29, 0.717) is 12.8 Å². The van der Waals surface area contributed by atoms with Crippen LogP contribution in [0.3, 0.4) is 0 Å². The van der Waals surface area contributed by atoms with Crippen molar-refractivity contribution in [3.05, 3.63) is 24.3 Å². The van der Waals surface area contributed by atoms with Gasteiger partial charge in [-0.3, -0.25) is 0 Å². The number of hydrogen-bond acceptors (Lipinski definition) is 7. The smallest absolute Gasteiger partial charge is 0.348 e. The Balaban J connectivity index is 5.21. The van der Waals surface area contributed by atoms with Crippen molar-refractivity contribution in [2.24, 2.45) is 0 Å². The van der Waals surface area contributed by atoms with Crippen molar-refractivity contribution >= 4 is 11.9 Å². The second-order valence-corrected chi connectivity index (χ2v) is 17.2. The van der Waals surface area contributed by atoms with Gasteiger partial charge in [-0.25, -0.2) is 9.59 Å². The highest BCUT2D eigenvalue weighted by Crippen LogP contribution is 2.29. The van der Waals surface area contributed by atoms with Gasteiger partial charge in [-0.05, 0) is 51.4 Å². The SMILES string of the molecule is CCC/C=C/CC(O)C(O)(CCCCCCCCCCCCCCCC)C(=O)OC(=O)C(O)(CCCCCCCCCCCCCCCC)C(O)C/C=C/CCC. The minimum Gasteiger partial charge on any atom is -0.389 e. The molecule has 4 unspecified atom stereocenters. The summed E-state index contributed by atoms with van der Waals surface area (Å²) in [4.78, 5) is 27.3. The van der Waals surface area contributed by atoms with Crippen molar-refractivity contribution in [3.63, 3.8) is 0 Å². The van der Waals surface area contributed by atoms with Gasteiger partial charge in [0.05, 0.1) is 12.2 Å². The van der Waals surface area contributed by atoms with Crippen LogP contribution in [0.1, 0.15) is 259 Å². The fourth-order valence-electron chi connectivity index (χ4n) is 7.66. The second-order valence-electron chi connectivity index (χ2n) is 17.2. The molecule has 0 aliphatic rings. The third kappa shape index (κ3) is 28.5. The van der Waals surface area contributed by atoms with Gasteiger partial charge in [0.2, 0.25) is 0 Å². The average Bonchev–Trinajstić information content (AvgIpc) is 3.20. The molecule has 7 nitrogen and oxygen atoms in total. The van der Waals surface area contributed by atoms with Gasteiger partial charge in [-0.1, -0.05) is 232 Å². The van der Waals surface area contributed by atoms with Crippen LogP contribution in [0.5, 0.6) is 0 Å². The van der Waals surface area contributed by atoms with Gasteiger partial charge < -0.3 is 25.2 Å². The highest BCUT2D eigenvalue weighted by Gasteiger charge is 2.50. The van der Waals surface area contributed by atoms with E-state index in [2.05, 4.69) is 13.8 Å². The molecule has 0 aromatic rings. The van der Waals surface area contributed by atoms with Crippen LogP contribution < -0.4 is 0 Å². The fourth-order valence-corrected chi connectivity index (χ4v) is 7.66. The topological polar surface area (TPSA) is 124 Å². The summed E-state index contributed by atoms with van der Waals surface area (Å²) in [5.74, 6) is -2.52. The molecule has 0 bridgehead atoms. The number of esters is 2. The average molecular weight is 807 g/mol. The van der Waals surface area contributed by atoms with Crippen molar-refractivity contribution in [2.45, 2.75) is 282 Å². The minimum absolute atomic E-state index is 0.0343. The van der Waals surface area contributed by atoms with E-state index in [1.165, 1.54) is 116 Å². The van der Waals surface area contributed by atoms with Gasteiger partial charge in [-0.2, -0.15) is 0 Å². The molecule has 0 rings (SSSR count). The predicted molar refractivity (Wildman–Crippen MR) is 240 cm³/mol. The van der Waals surface area contributed by atoms with E-state index in [4.69, 9.17) is 4.74 Å². The molecular formula is C50H94O7. The van der Waals surface area contributed by atoms with E-state index in [1.54, 1.807) is 12.2 Å². The zero-order valence-corrected chi connectivity index (χ0v) is 37.9. The number of rotatable bonds is 42. The first-order valence-corrected chi connectivity index (χ1v) is 24.5. The lowest BCUT2D eigenvalue weighted by Gasteiger charge is -2.33. The Labute approximate surface area is 352 Å². The van der Waals surface area contributed by atoms with Gasteiger partial charge in [0.15, 0.2) is 11.2 Å². The lowest BCUT2D eigenvalue weighted by Crippen LogP contribution is -2.56. The maximum Gasteiger partial charge on any atom is 0.348 e. The van der Waals surface area contributed by atoms with E-state index in [9.17, 15) is 30.0 Å². The molecule has 0 spiro atoms. The fraction of sp³-hybridized carbons (Fsp3) is 0.880. The molecule has 0 aromatic carbocycles. The van der Waals surface area contributed by atoms with Gasteiger partial charge in [0.1, 0.15) is 0 Å². The molecule has 0 saturated heterocycles. The first-order valence-electron chi connectivity index (χ1n) is 24.5. The molecule has 0 aliphatic carbocycles. The van der Waals surface area contributed by atoms with E-state index in [1.807, 2.05) is 26.0 Å². The second kappa shape index (κ2) is 38.6. The van der Waals surface area contributed by atoms with Crippen molar-refractivity contribution in [2.75, 3.05) is 0 Å². The Hall–Kier alpha value is -1.54. The van der Waals surface area contributed by atoms with E-state index >= 15 is 0 Å².